The molecule has 0 heterocycles. The van der Waals surface area contributed by atoms with Crippen LogP contribution in [0.5, 0.6) is 0 Å². The first-order valence-electron chi connectivity index (χ1n) is 14.1. The molecule has 0 saturated heterocycles. The number of esters is 1. The van der Waals surface area contributed by atoms with Gasteiger partial charge in [-0.25, -0.2) is 4.79 Å². The van der Waals surface area contributed by atoms with E-state index >= 15 is 0 Å². The number of carbonyl (C=O) groups is 4. The zero-order valence-electron chi connectivity index (χ0n) is 22.4. The number of carboxylic acids is 1. The van der Waals surface area contributed by atoms with Gasteiger partial charge in [-0.05, 0) is 79.8 Å². The van der Waals surface area contributed by atoms with Crippen molar-refractivity contribution in [3.63, 3.8) is 0 Å². The largest absolute Gasteiger partial charge is 0.479 e. The highest BCUT2D eigenvalue weighted by atomic mass is 16.5. The van der Waals surface area contributed by atoms with Gasteiger partial charge < -0.3 is 15.2 Å². The maximum atomic E-state index is 12.8. The van der Waals surface area contributed by atoms with Crippen LogP contribution in [0.1, 0.15) is 89.7 Å². The Morgan fingerprint density at radius 1 is 1.00 bits per heavy atom. The van der Waals surface area contributed by atoms with Crippen molar-refractivity contribution in [2.75, 3.05) is 0 Å². The number of aliphatic carboxylic acids is 1. The number of rotatable bonds is 7. The van der Waals surface area contributed by atoms with Gasteiger partial charge in [0.2, 0.25) is 5.91 Å². The monoisotopic (exact) mass is 521 g/mol. The number of hydrogen-bond acceptors (Lipinski definition) is 5. The maximum absolute atomic E-state index is 12.8. The Bertz CT molecular complexity index is 1140. The molecule has 0 bridgehead atoms. The van der Waals surface area contributed by atoms with Crippen LogP contribution in [0.25, 0.3) is 0 Å². The second-order valence-corrected chi connectivity index (χ2v) is 12.3. The molecule has 0 spiro atoms. The lowest BCUT2D eigenvalue weighted by atomic mass is 9.47. The van der Waals surface area contributed by atoms with Crippen LogP contribution in [0.15, 0.2) is 42.0 Å². The fourth-order valence-electron chi connectivity index (χ4n) is 8.30. The Morgan fingerprint density at radius 2 is 1.76 bits per heavy atom. The molecule has 0 aromatic heterocycles. The molecule has 38 heavy (non-hydrogen) atoms. The van der Waals surface area contributed by atoms with E-state index in [2.05, 4.69) is 19.2 Å². The molecule has 7 atom stereocenters. The third kappa shape index (κ3) is 4.80. The number of ketones is 1. The summed E-state index contributed by atoms with van der Waals surface area (Å²) in [6.45, 7) is 4.65. The summed E-state index contributed by atoms with van der Waals surface area (Å²) in [6, 6.07) is 7.36. The van der Waals surface area contributed by atoms with E-state index in [4.69, 9.17) is 4.74 Å². The lowest BCUT2D eigenvalue weighted by molar-refractivity contribution is -0.160. The molecular weight excluding hydrogens is 482 g/mol. The molecule has 1 amide bonds. The van der Waals surface area contributed by atoms with Crippen LogP contribution in [0.4, 0.5) is 0 Å². The predicted molar refractivity (Wildman–Crippen MR) is 141 cm³/mol. The quantitative estimate of drug-likeness (QED) is 0.480. The van der Waals surface area contributed by atoms with Gasteiger partial charge in [0.05, 0.1) is 6.42 Å². The third-order valence-corrected chi connectivity index (χ3v) is 10.4. The molecule has 7 nitrogen and oxygen atoms in total. The van der Waals surface area contributed by atoms with Crippen molar-refractivity contribution < 1.29 is 29.0 Å². The number of allylic oxidation sites excluding steroid dienone is 1. The normalized spacial score (nSPS) is 34.7. The van der Waals surface area contributed by atoms with Crippen LogP contribution in [-0.2, 0) is 23.9 Å². The summed E-state index contributed by atoms with van der Waals surface area (Å²) in [6.07, 6.45) is 9.28. The van der Waals surface area contributed by atoms with Gasteiger partial charge in [0.25, 0.3) is 0 Å². The van der Waals surface area contributed by atoms with E-state index in [0.717, 1.165) is 44.9 Å². The van der Waals surface area contributed by atoms with Gasteiger partial charge in [-0.3, -0.25) is 14.4 Å². The lowest BCUT2D eigenvalue weighted by Crippen LogP contribution is -2.51. The number of hydrogen-bond donors (Lipinski definition) is 2. The van der Waals surface area contributed by atoms with Crippen molar-refractivity contribution in [2.45, 2.75) is 90.2 Å². The number of carbonyl (C=O) groups excluding carboxylic acids is 3. The molecule has 0 radical (unpaired) electrons. The molecule has 0 aliphatic heterocycles. The average Bonchev–Trinajstić information content (AvgIpc) is 3.22. The van der Waals surface area contributed by atoms with Crippen molar-refractivity contribution in [2.24, 2.45) is 28.6 Å². The van der Waals surface area contributed by atoms with E-state index in [-0.39, 0.29) is 35.6 Å². The van der Waals surface area contributed by atoms with Crippen molar-refractivity contribution in [3.05, 3.63) is 47.5 Å². The summed E-state index contributed by atoms with van der Waals surface area (Å²) in [5.74, 6) is -0.0844. The van der Waals surface area contributed by atoms with Gasteiger partial charge in [0.1, 0.15) is 6.10 Å². The molecule has 1 aromatic rings. The Balaban J connectivity index is 1.17. The second kappa shape index (κ2) is 10.3. The fraction of sp³-hybridized carbons (Fsp3) is 0.613. The molecule has 3 fully saturated rings. The summed E-state index contributed by atoms with van der Waals surface area (Å²) < 4.78 is 6.01. The minimum atomic E-state index is -1.15. The van der Waals surface area contributed by atoms with Crippen molar-refractivity contribution in [1.29, 1.82) is 0 Å². The summed E-state index contributed by atoms with van der Waals surface area (Å²) in [4.78, 5) is 49.0. The zero-order valence-corrected chi connectivity index (χ0v) is 22.4. The van der Waals surface area contributed by atoms with E-state index in [1.807, 2.05) is 6.08 Å². The molecule has 5 rings (SSSR count). The summed E-state index contributed by atoms with van der Waals surface area (Å²) in [5, 5.41) is 12.1. The smallest absolute Gasteiger partial charge is 0.330 e. The minimum absolute atomic E-state index is 0.0666. The molecule has 204 valence electrons. The molecule has 0 unspecified atom stereocenters. The molecule has 4 aliphatic carbocycles. The number of nitrogens with one attached hydrogen (secondary N) is 1. The molecule has 4 aliphatic rings. The Hall–Kier alpha value is -2.96. The predicted octanol–water partition coefficient (Wildman–Crippen LogP) is 5.15. The number of fused-ring (bicyclic) bond motifs is 5. The number of ether oxygens (including phenoxy) is 1. The SMILES string of the molecule is C[C@]12CC[C@H]3[C@@H](CCC4=CC(=O)CC[C@@]43C)[C@@H]1CC[C@H]2OC(=O)CCC(=O)N[C@@H](C(=O)O)c1ccccc1. The van der Waals surface area contributed by atoms with Gasteiger partial charge in [0.15, 0.2) is 11.8 Å². The molecule has 7 heteroatoms. The van der Waals surface area contributed by atoms with Gasteiger partial charge in [-0.15, -0.1) is 0 Å². The molecule has 3 saturated carbocycles. The first-order valence-corrected chi connectivity index (χ1v) is 14.1. The number of amides is 1. The fourth-order valence-corrected chi connectivity index (χ4v) is 8.30. The van der Waals surface area contributed by atoms with E-state index in [1.165, 1.54) is 5.57 Å². The Labute approximate surface area is 224 Å². The van der Waals surface area contributed by atoms with Crippen LogP contribution in [0.2, 0.25) is 0 Å². The number of benzene rings is 1. The van der Waals surface area contributed by atoms with Crippen molar-refractivity contribution in [3.8, 4) is 0 Å². The van der Waals surface area contributed by atoms with Crippen LogP contribution >= 0.6 is 0 Å². The Kier molecular flexibility index (Phi) is 7.23. The van der Waals surface area contributed by atoms with Gasteiger partial charge in [-0.2, -0.15) is 0 Å². The molecule has 1 aromatic carbocycles. The van der Waals surface area contributed by atoms with Gasteiger partial charge >= 0.3 is 11.9 Å². The minimum Gasteiger partial charge on any atom is -0.479 e. The Morgan fingerprint density at radius 3 is 2.50 bits per heavy atom. The highest BCUT2D eigenvalue weighted by molar-refractivity contribution is 5.91. The first-order chi connectivity index (χ1) is 18.1. The topological polar surface area (TPSA) is 110 Å². The summed E-state index contributed by atoms with van der Waals surface area (Å²) in [5.41, 5.74) is 1.89. The van der Waals surface area contributed by atoms with E-state index in [1.54, 1.807) is 30.3 Å². The van der Waals surface area contributed by atoms with Gasteiger partial charge in [0, 0.05) is 18.3 Å². The van der Waals surface area contributed by atoms with Crippen LogP contribution in [0, 0.1) is 28.6 Å². The van der Waals surface area contributed by atoms with Crippen LogP contribution < -0.4 is 5.32 Å². The first kappa shape index (κ1) is 26.6. The van der Waals surface area contributed by atoms with Crippen molar-refractivity contribution >= 4 is 23.6 Å². The standard InChI is InChI=1S/C31H39NO6/c1-30-16-14-21(33)18-20(30)8-9-22-23-10-11-25(31(23,2)17-15-24(22)30)38-27(35)13-12-26(34)32-28(29(36)37)19-6-4-3-5-7-19/h3-7,18,22-25,28H,8-17H2,1-2H3,(H,32,34)(H,36,37)/t22-,23-,24-,25+,28+,30-,31-/m0/s1. The van der Waals surface area contributed by atoms with E-state index < -0.39 is 23.9 Å². The average molecular weight is 522 g/mol. The molecule has 2 N–H and O–H groups in total. The summed E-state index contributed by atoms with van der Waals surface area (Å²) in [7, 11) is 0. The third-order valence-electron chi connectivity index (χ3n) is 10.4. The van der Waals surface area contributed by atoms with Crippen molar-refractivity contribution in [1.82, 2.24) is 5.32 Å². The highest BCUT2D eigenvalue weighted by Crippen LogP contribution is 2.65. The van der Waals surface area contributed by atoms with Gasteiger partial charge in [-0.1, -0.05) is 49.8 Å². The molecular formula is C31H39NO6. The highest BCUT2D eigenvalue weighted by Gasteiger charge is 2.59. The summed E-state index contributed by atoms with van der Waals surface area (Å²) >= 11 is 0. The zero-order chi connectivity index (χ0) is 27.1. The van der Waals surface area contributed by atoms with E-state index in [9.17, 15) is 24.3 Å². The number of carboxylic acid groups (broad SMARTS) is 1. The maximum Gasteiger partial charge on any atom is 0.330 e. The van der Waals surface area contributed by atoms with Crippen LogP contribution in [0.3, 0.4) is 0 Å². The second-order valence-electron chi connectivity index (χ2n) is 12.3. The lowest BCUT2D eigenvalue weighted by Gasteiger charge is -2.57. The van der Waals surface area contributed by atoms with E-state index in [0.29, 0.717) is 29.7 Å². The van der Waals surface area contributed by atoms with Crippen LogP contribution in [-0.4, -0.2) is 34.8 Å².